The Labute approximate surface area is 177 Å². The van der Waals surface area contributed by atoms with Gasteiger partial charge >= 0.3 is 6.03 Å². The molecule has 2 rings (SSSR count). The number of primary amides is 1. The first-order chi connectivity index (χ1) is 14.3. The molecule has 2 aromatic carbocycles. The number of urea groups is 1. The Kier molecular flexibility index (Phi) is 7.85. The third-order valence-electron chi connectivity index (χ3n) is 3.80. The molecule has 9 heteroatoms. The van der Waals surface area contributed by atoms with E-state index in [0.29, 0.717) is 21.8 Å². The van der Waals surface area contributed by atoms with Gasteiger partial charge in [0.15, 0.2) is 0 Å². The van der Waals surface area contributed by atoms with Gasteiger partial charge in [-0.15, -0.1) is 5.92 Å². The van der Waals surface area contributed by atoms with E-state index >= 15 is 0 Å². The summed E-state index contributed by atoms with van der Waals surface area (Å²) in [6.45, 7) is 1.19. The minimum Gasteiger partial charge on any atom is -0.366 e. The van der Waals surface area contributed by atoms with Crippen LogP contribution in [0.5, 0.6) is 0 Å². The summed E-state index contributed by atoms with van der Waals surface area (Å²) in [6, 6.07) is 10.2. The van der Waals surface area contributed by atoms with E-state index in [2.05, 4.69) is 27.7 Å². The molecule has 0 bridgehead atoms. The van der Waals surface area contributed by atoms with Crippen LogP contribution in [0.15, 0.2) is 53.2 Å². The number of para-hydroxylation sites is 1. The molecule has 2 aromatic rings. The zero-order valence-electron chi connectivity index (χ0n) is 15.9. The van der Waals surface area contributed by atoms with E-state index in [4.69, 9.17) is 17.3 Å². The van der Waals surface area contributed by atoms with E-state index < -0.39 is 24.4 Å². The van der Waals surface area contributed by atoms with Crippen molar-refractivity contribution in [3.8, 4) is 11.8 Å². The molecule has 4 N–H and O–H groups in total. The average molecular weight is 425 g/mol. The summed E-state index contributed by atoms with van der Waals surface area (Å²) < 4.78 is 0. The number of benzene rings is 2. The fourth-order valence-corrected chi connectivity index (χ4v) is 2.60. The highest BCUT2D eigenvalue weighted by atomic mass is 35.5. The molecule has 0 heterocycles. The van der Waals surface area contributed by atoms with Gasteiger partial charge in [-0.25, -0.2) is 4.79 Å². The second-order valence-corrected chi connectivity index (χ2v) is 6.29. The van der Waals surface area contributed by atoms with Gasteiger partial charge in [-0.1, -0.05) is 34.8 Å². The van der Waals surface area contributed by atoms with Gasteiger partial charge in [0.1, 0.15) is 6.54 Å². The lowest BCUT2D eigenvalue weighted by atomic mass is 10.0. The molecule has 4 amide bonds. The first kappa shape index (κ1) is 22.3. The van der Waals surface area contributed by atoms with Crippen molar-refractivity contribution in [2.45, 2.75) is 6.92 Å². The summed E-state index contributed by atoms with van der Waals surface area (Å²) in [6.07, 6.45) is 1.34. The first-order valence-electron chi connectivity index (χ1n) is 8.59. The maximum Gasteiger partial charge on any atom is 0.326 e. The topological polar surface area (TPSA) is 131 Å². The first-order valence-corrected chi connectivity index (χ1v) is 8.96. The summed E-state index contributed by atoms with van der Waals surface area (Å²) in [5, 5.41) is 7.66. The van der Waals surface area contributed by atoms with Crippen molar-refractivity contribution in [3.05, 3.63) is 74.7 Å². The molecule has 0 fully saturated rings. The Balaban J connectivity index is 2.29. The highest BCUT2D eigenvalue weighted by molar-refractivity contribution is 6.33. The molecule has 0 aliphatic rings. The number of amides is 4. The number of hydrogen-bond acceptors (Lipinski definition) is 5. The highest BCUT2D eigenvalue weighted by Crippen LogP contribution is 2.20. The van der Waals surface area contributed by atoms with Crippen LogP contribution in [0.2, 0.25) is 5.02 Å². The lowest BCUT2D eigenvalue weighted by Crippen LogP contribution is -2.34. The van der Waals surface area contributed by atoms with Crippen molar-refractivity contribution in [2.75, 3.05) is 11.9 Å². The quantitative estimate of drug-likeness (QED) is 0.373. The number of carbonyl (C=O) groups excluding carboxylic acids is 3. The molecule has 0 radical (unpaired) electrons. The van der Waals surface area contributed by atoms with Gasteiger partial charge in [-0.3, -0.25) is 14.9 Å². The van der Waals surface area contributed by atoms with Crippen LogP contribution in [0.1, 0.15) is 28.4 Å². The van der Waals surface area contributed by atoms with Gasteiger partial charge in [-0.05, 0) is 48.9 Å². The van der Waals surface area contributed by atoms with Gasteiger partial charge in [0.25, 0.3) is 5.91 Å². The number of carbonyl (C=O) groups is 3. The zero-order chi connectivity index (χ0) is 22.1. The van der Waals surface area contributed by atoms with Crippen LogP contribution < -0.4 is 16.4 Å². The number of hydrogen-bond donors (Lipinski definition) is 3. The minimum atomic E-state index is -0.820. The summed E-state index contributed by atoms with van der Waals surface area (Å²) in [5.74, 6) is 4.03. The second-order valence-electron chi connectivity index (χ2n) is 5.89. The van der Waals surface area contributed by atoms with Crippen LogP contribution in [0.25, 0.3) is 6.08 Å². The maximum atomic E-state index is 12.5. The SMILES string of the molecule is CC#Cc1ccc(C(=O)NC(=O)Nc2ccccc2Cl)cc1/C=C(\CN=O)C(N)=O. The molecule has 152 valence electrons. The molecule has 0 aliphatic heterocycles. The molecule has 0 unspecified atom stereocenters. The molecule has 8 nitrogen and oxygen atoms in total. The van der Waals surface area contributed by atoms with Crippen molar-refractivity contribution < 1.29 is 14.4 Å². The molecule has 0 aliphatic carbocycles. The smallest absolute Gasteiger partial charge is 0.326 e. The summed E-state index contributed by atoms with van der Waals surface area (Å²) >= 11 is 5.98. The van der Waals surface area contributed by atoms with E-state index in [-0.39, 0.29) is 11.1 Å². The van der Waals surface area contributed by atoms with E-state index in [1.807, 2.05) is 0 Å². The van der Waals surface area contributed by atoms with Crippen molar-refractivity contribution in [1.82, 2.24) is 5.32 Å². The predicted molar refractivity (Wildman–Crippen MR) is 115 cm³/mol. The minimum absolute atomic E-state index is 0.0434. The van der Waals surface area contributed by atoms with Gasteiger partial charge in [0.05, 0.1) is 10.7 Å². The lowest BCUT2D eigenvalue weighted by molar-refractivity contribution is -0.114. The molecule has 30 heavy (non-hydrogen) atoms. The Morgan fingerprint density at radius 3 is 2.57 bits per heavy atom. The molecule has 0 saturated heterocycles. The predicted octanol–water partition coefficient (Wildman–Crippen LogP) is 3.31. The Hall–Kier alpha value is -3.96. The molecular formula is C21H17ClN4O4. The van der Waals surface area contributed by atoms with E-state index in [0.717, 1.165) is 0 Å². The third kappa shape index (κ3) is 6.02. The van der Waals surface area contributed by atoms with Gasteiger partial charge in [0.2, 0.25) is 5.91 Å². The van der Waals surface area contributed by atoms with E-state index in [1.165, 1.54) is 18.2 Å². The molecule has 0 atom stereocenters. The zero-order valence-corrected chi connectivity index (χ0v) is 16.6. The van der Waals surface area contributed by atoms with Gasteiger partial charge in [-0.2, -0.15) is 4.91 Å². The fraction of sp³-hybridized carbons (Fsp3) is 0.0952. The number of nitrogens with zero attached hydrogens (tertiary/aromatic N) is 1. The van der Waals surface area contributed by atoms with E-state index in [9.17, 15) is 19.3 Å². The molecule has 0 spiro atoms. The number of imide groups is 1. The molecule has 0 saturated carbocycles. The second kappa shape index (κ2) is 10.5. The number of nitroso groups, excluding NO2 is 1. The Morgan fingerprint density at radius 1 is 1.20 bits per heavy atom. The third-order valence-corrected chi connectivity index (χ3v) is 4.13. The Bertz CT molecular complexity index is 1100. The van der Waals surface area contributed by atoms with Crippen molar-refractivity contribution in [3.63, 3.8) is 0 Å². The summed E-state index contributed by atoms with van der Waals surface area (Å²) in [7, 11) is 0. The van der Waals surface area contributed by atoms with E-state index in [1.54, 1.807) is 37.3 Å². The van der Waals surface area contributed by atoms with Crippen LogP contribution in [-0.4, -0.2) is 24.4 Å². The monoisotopic (exact) mass is 424 g/mol. The van der Waals surface area contributed by atoms with Gasteiger partial charge < -0.3 is 11.1 Å². The van der Waals surface area contributed by atoms with Gasteiger partial charge in [0, 0.05) is 16.7 Å². The number of anilines is 1. The van der Waals surface area contributed by atoms with Crippen LogP contribution in [0, 0.1) is 16.7 Å². The maximum absolute atomic E-state index is 12.5. The fourth-order valence-electron chi connectivity index (χ4n) is 2.42. The molecular weight excluding hydrogens is 408 g/mol. The number of nitrogens with one attached hydrogen (secondary N) is 2. The summed E-state index contributed by atoms with van der Waals surface area (Å²) in [5.41, 5.74) is 6.56. The number of halogens is 1. The Morgan fingerprint density at radius 2 is 1.93 bits per heavy atom. The van der Waals surface area contributed by atoms with Crippen molar-refractivity contribution >= 4 is 41.2 Å². The van der Waals surface area contributed by atoms with Crippen LogP contribution >= 0.6 is 11.6 Å². The number of rotatable bonds is 6. The largest absolute Gasteiger partial charge is 0.366 e. The average Bonchev–Trinajstić information content (AvgIpc) is 2.70. The van der Waals surface area contributed by atoms with Crippen molar-refractivity contribution in [2.24, 2.45) is 10.9 Å². The highest BCUT2D eigenvalue weighted by Gasteiger charge is 2.14. The standard InChI is InChI=1S/C21H17ClN4O4/c1-2-5-13-8-9-14(10-15(13)11-16(12-24-30)19(23)27)20(28)26-21(29)25-18-7-4-3-6-17(18)22/h3-4,6-11H,12H2,1H3,(H2,23,27)(H2,25,26,28,29)/b16-11+. The van der Waals surface area contributed by atoms with Crippen LogP contribution in [0.3, 0.4) is 0 Å². The normalized spacial score (nSPS) is 10.4. The summed E-state index contributed by atoms with van der Waals surface area (Å²) in [4.78, 5) is 46.6. The van der Waals surface area contributed by atoms with Crippen LogP contribution in [-0.2, 0) is 4.79 Å². The molecule has 0 aromatic heterocycles. The van der Waals surface area contributed by atoms with Crippen LogP contribution in [0.4, 0.5) is 10.5 Å². The number of nitrogens with two attached hydrogens (primary N) is 1. The van der Waals surface area contributed by atoms with Crippen molar-refractivity contribution in [1.29, 1.82) is 0 Å². The lowest BCUT2D eigenvalue weighted by Gasteiger charge is -2.09.